The van der Waals surface area contributed by atoms with Crippen LogP contribution in [0, 0.1) is 5.92 Å². The summed E-state index contributed by atoms with van der Waals surface area (Å²) in [5.74, 6) is 0.0289. The standard InChI is InChI=1S/C9H15F4N/c1-6(14)7-2-4-8(10,5-3-7)9(11,12)13/h6-7H,2-5,14H2,1H3. The summed E-state index contributed by atoms with van der Waals surface area (Å²) in [4.78, 5) is 0. The summed E-state index contributed by atoms with van der Waals surface area (Å²) in [6.07, 6.45) is -5.15. The van der Waals surface area contributed by atoms with Crippen molar-refractivity contribution in [1.82, 2.24) is 0 Å². The van der Waals surface area contributed by atoms with Crippen molar-refractivity contribution in [2.45, 2.75) is 50.5 Å². The van der Waals surface area contributed by atoms with Crippen molar-refractivity contribution in [1.29, 1.82) is 0 Å². The maximum absolute atomic E-state index is 13.4. The van der Waals surface area contributed by atoms with Crippen LogP contribution in [0.15, 0.2) is 0 Å². The highest BCUT2D eigenvalue weighted by Gasteiger charge is 2.56. The summed E-state index contributed by atoms with van der Waals surface area (Å²) in [5.41, 5.74) is 2.59. The van der Waals surface area contributed by atoms with Crippen molar-refractivity contribution >= 4 is 0 Å². The van der Waals surface area contributed by atoms with E-state index in [0.717, 1.165) is 0 Å². The second kappa shape index (κ2) is 3.68. The molecule has 14 heavy (non-hydrogen) atoms. The summed E-state index contributed by atoms with van der Waals surface area (Å²) in [5, 5.41) is 0. The highest BCUT2D eigenvalue weighted by molar-refractivity contribution is 4.93. The predicted molar refractivity (Wildman–Crippen MR) is 45.5 cm³/mol. The zero-order valence-electron chi connectivity index (χ0n) is 8.07. The summed E-state index contributed by atoms with van der Waals surface area (Å²) in [6.45, 7) is 1.75. The molecule has 1 fully saturated rings. The predicted octanol–water partition coefficient (Wildman–Crippen LogP) is 2.79. The van der Waals surface area contributed by atoms with Gasteiger partial charge in [-0.2, -0.15) is 13.2 Å². The van der Waals surface area contributed by atoms with Crippen LogP contribution < -0.4 is 5.73 Å². The van der Waals surface area contributed by atoms with Crippen molar-refractivity contribution in [2.75, 3.05) is 0 Å². The molecule has 0 aromatic rings. The molecule has 0 bridgehead atoms. The average molecular weight is 213 g/mol. The smallest absolute Gasteiger partial charge is 0.328 e. The van der Waals surface area contributed by atoms with Crippen LogP contribution in [0.4, 0.5) is 17.6 Å². The lowest BCUT2D eigenvalue weighted by Crippen LogP contribution is -2.45. The second-order valence-electron chi connectivity index (χ2n) is 4.16. The molecule has 1 atom stereocenters. The van der Waals surface area contributed by atoms with E-state index in [1.54, 1.807) is 6.92 Å². The van der Waals surface area contributed by atoms with E-state index >= 15 is 0 Å². The molecule has 0 spiro atoms. The number of nitrogens with two attached hydrogens (primary N) is 1. The molecule has 1 aliphatic rings. The first-order valence-corrected chi connectivity index (χ1v) is 4.77. The van der Waals surface area contributed by atoms with Gasteiger partial charge in [0.25, 0.3) is 0 Å². The van der Waals surface area contributed by atoms with E-state index in [-0.39, 0.29) is 24.8 Å². The zero-order chi connectivity index (χ0) is 11.0. The van der Waals surface area contributed by atoms with Crippen molar-refractivity contribution in [3.8, 4) is 0 Å². The molecule has 1 aliphatic carbocycles. The fourth-order valence-corrected chi connectivity index (χ4v) is 1.91. The monoisotopic (exact) mass is 213 g/mol. The van der Waals surface area contributed by atoms with Crippen LogP contribution in [0.5, 0.6) is 0 Å². The molecule has 2 N–H and O–H groups in total. The Kier molecular flexibility index (Phi) is 3.09. The van der Waals surface area contributed by atoms with Crippen LogP contribution in [0.25, 0.3) is 0 Å². The Bertz CT molecular complexity index is 191. The van der Waals surface area contributed by atoms with E-state index in [9.17, 15) is 17.6 Å². The van der Waals surface area contributed by atoms with Crippen molar-refractivity contribution in [3.63, 3.8) is 0 Å². The lowest BCUT2D eigenvalue weighted by Gasteiger charge is -2.36. The number of rotatable bonds is 1. The Balaban J connectivity index is 2.58. The van der Waals surface area contributed by atoms with Crippen LogP contribution >= 0.6 is 0 Å². The van der Waals surface area contributed by atoms with E-state index in [0.29, 0.717) is 0 Å². The lowest BCUT2D eigenvalue weighted by molar-refractivity contribution is -0.242. The maximum atomic E-state index is 13.4. The summed E-state index contributed by atoms with van der Waals surface area (Å²) in [7, 11) is 0. The molecule has 1 saturated carbocycles. The lowest BCUT2D eigenvalue weighted by atomic mass is 9.77. The third-order valence-electron chi connectivity index (χ3n) is 3.07. The van der Waals surface area contributed by atoms with Gasteiger partial charge in [0, 0.05) is 6.04 Å². The van der Waals surface area contributed by atoms with Gasteiger partial charge < -0.3 is 5.73 Å². The number of hydrogen-bond donors (Lipinski definition) is 1. The first-order chi connectivity index (χ1) is 6.26. The minimum absolute atomic E-state index is 0.0289. The number of hydrogen-bond acceptors (Lipinski definition) is 1. The first-order valence-electron chi connectivity index (χ1n) is 4.77. The minimum atomic E-state index is -4.73. The topological polar surface area (TPSA) is 26.0 Å². The number of alkyl halides is 4. The third-order valence-corrected chi connectivity index (χ3v) is 3.07. The Morgan fingerprint density at radius 3 is 2.00 bits per heavy atom. The Morgan fingerprint density at radius 2 is 1.71 bits per heavy atom. The molecule has 1 rings (SSSR count). The van der Waals surface area contributed by atoms with Crippen LogP contribution in [0.1, 0.15) is 32.6 Å². The number of halogens is 4. The molecule has 0 saturated heterocycles. The quantitative estimate of drug-likeness (QED) is 0.666. The largest absolute Gasteiger partial charge is 0.422 e. The Morgan fingerprint density at radius 1 is 1.29 bits per heavy atom. The maximum Gasteiger partial charge on any atom is 0.422 e. The minimum Gasteiger partial charge on any atom is -0.328 e. The second-order valence-corrected chi connectivity index (χ2v) is 4.16. The molecule has 84 valence electrons. The SMILES string of the molecule is CC(N)C1CCC(F)(C(F)(F)F)CC1. The molecule has 0 aromatic carbocycles. The van der Waals surface area contributed by atoms with Gasteiger partial charge in [-0.05, 0) is 38.5 Å². The van der Waals surface area contributed by atoms with Gasteiger partial charge >= 0.3 is 6.18 Å². The van der Waals surface area contributed by atoms with E-state index in [1.807, 2.05) is 0 Å². The molecule has 0 aliphatic heterocycles. The summed E-state index contributed by atoms with van der Waals surface area (Å²) in [6, 6.07) is -0.146. The zero-order valence-corrected chi connectivity index (χ0v) is 8.07. The van der Waals surface area contributed by atoms with Gasteiger partial charge in [-0.3, -0.25) is 0 Å². The van der Waals surface area contributed by atoms with E-state index in [2.05, 4.69) is 0 Å². The van der Waals surface area contributed by atoms with Gasteiger partial charge in [-0.1, -0.05) is 0 Å². The molecule has 1 nitrogen and oxygen atoms in total. The first kappa shape index (κ1) is 11.8. The third kappa shape index (κ3) is 2.19. The fourth-order valence-electron chi connectivity index (χ4n) is 1.91. The molecule has 0 amide bonds. The van der Waals surface area contributed by atoms with Crippen LogP contribution in [0.3, 0.4) is 0 Å². The van der Waals surface area contributed by atoms with E-state index in [4.69, 9.17) is 5.73 Å². The van der Waals surface area contributed by atoms with Crippen LogP contribution in [-0.2, 0) is 0 Å². The van der Waals surface area contributed by atoms with Gasteiger partial charge in [-0.15, -0.1) is 0 Å². The van der Waals surface area contributed by atoms with E-state index in [1.165, 1.54) is 0 Å². The van der Waals surface area contributed by atoms with Crippen LogP contribution in [-0.4, -0.2) is 17.9 Å². The summed E-state index contributed by atoms with van der Waals surface area (Å²) < 4.78 is 50.1. The van der Waals surface area contributed by atoms with Gasteiger partial charge in [0.1, 0.15) is 0 Å². The molecule has 1 unspecified atom stereocenters. The molecular weight excluding hydrogens is 198 g/mol. The molecular formula is C9H15F4N. The Hall–Kier alpha value is -0.320. The Labute approximate surface area is 80.7 Å². The van der Waals surface area contributed by atoms with Crippen molar-refractivity contribution in [2.24, 2.45) is 11.7 Å². The molecule has 0 radical (unpaired) electrons. The van der Waals surface area contributed by atoms with Gasteiger partial charge in [0.2, 0.25) is 5.67 Å². The van der Waals surface area contributed by atoms with E-state index < -0.39 is 24.7 Å². The van der Waals surface area contributed by atoms with Gasteiger partial charge in [-0.25, -0.2) is 4.39 Å². The summed E-state index contributed by atoms with van der Waals surface area (Å²) >= 11 is 0. The average Bonchev–Trinajstić information content (AvgIpc) is 2.03. The highest BCUT2D eigenvalue weighted by Crippen LogP contribution is 2.46. The molecule has 5 heteroatoms. The highest BCUT2D eigenvalue weighted by atomic mass is 19.4. The molecule has 0 heterocycles. The molecule has 0 aromatic heterocycles. The normalized spacial score (nSPS) is 36.9. The van der Waals surface area contributed by atoms with Crippen molar-refractivity contribution < 1.29 is 17.6 Å². The van der Waals surface area contributed by atoms with Crippen LogP contribution in [0.2, 0.25) is 0 Å². The van der Waals surface area contributed by atoms with Gasteiger partial charge in [0.15, 0.2) is 0 Å². The van der Waals surface area contributed by atoms with Gasteiger partial charge in [0.05, 0.1) is 0 Å². The van der Waals surface area contributed by atoms with Crippen molar-refractivity contribution in [3.05, 3.63) is 0 Å². The fraction of sp³-hybridized carbons (Fsp3) is 1.00.